The molecule has 0 amide bonds. The first kappa shape index (κ1) is 24.1. The highest BCUT2D eigenvalue weighted by Crippen LogP contribution is 2.40. The Morgan fingerprint density at radius 1 is 1.07 bits per heavy atom. The van der Waals surface area contributed by atoms with Crippen LogP contribution < -0.4 is 4.74 Å². The molecule has 1 aliphatic rings. The van der Waals surface area contributed by atoms with E-state index >= 15 is 0 Å². The van der Waals surface area contributed by atoms with E-state index in [1.54, 1.807) is 6.07 Å². The van der Waals surface area contributed by atoms with Crippen LogP contribution in [0, 0.1) is 6.92 Å². The smallest absolute Gasteiger partial charge is 0.213 e. The summed E-state index contributed by atoms with van der Waals surface area (Å²) < 4.78 is 23.6. The van der Waals surface area contributed by atoms with Crippen LogP contribution in [-0.4, -0.2) is 48.7 Å². The van der Waals surface area contributed by atoms with Gasteiger partial charge in [0, 0.05) is 37.0 Å². The Bertz CT molecular complexity index is 597. The minimum Gasteiger partial charge on any atom is -0.478 e. The van der Waals surface area contributed by atoms with Crippen molar-refractivity contribution in [3.8, 4) is 5.88 Å². The number of aliphatic hydroxyl groups is 1. The molecular formula is C23H39NO5. The zero-order valence-corrected chi connectivity index (χ0v) is 18.6. The van der Waals surface area contributed by atoms with Crippen molar-refractivity contribution in [2.24, 2.45) is 0 Å². The van der Waals surface area contributed by atoms with E-state index in [0.717, 1.165) is 38.5 Å². The number of aryl methyl sites for hydroxylation is 1. The largest absolute Gasteiger partial charge is 0.478 e. The quantitative estimate of drug-likeness (QED) is 0.456. The van der Waals surface area contributed by atoms with Crippen molar-refractivity contribution >= 4 is 0 Å². The molecule has 1 saturated heterocycles. The maximum absolute atomic E-state index is 11.3. The van der Waals surface area contributed by atoms with Crippen molar-refractivity contribution in [1.29, 1.82) is 0 Å². The highest BCUT2D eigenvalue weighted by molar-refractivity contribution is 5.29. The van der Waals surface area contributed by atoms with Gasteiger partial charge in [0.1, 0.15) is 6.10 Å². The molecule has 2 heterocycles. The van der Waals surface area contributed by atoms with Gasteiger partial charge in [-0.1, -0.05) is 40.0 Å². The third kappa shape index (κ3) is 7.21. The van der Waals surface area contributed by atoms with E-state index in [4.69, 9.17) is 18.9 Å². The molecule has 1 unspecified atom stereocenters. The van der Waals surface area contributed by atoms with Crippen molar-refractivity contribution in [2.45, 2.75) is 90.6 Å². The Labute approximate surface area is 175 Å². The Morgan fingerprint density at radius 3 is 2.45 bits per heavy atom. The average Bonchev–Trinajstić information content (AvgIpc) is 3.02. The van der Waals surface area contributed by atoms with Gasteiger partial charge in [-0.15, -0.1) is 0 Å². The second-order valence-corrected chi connectivity index (χ2v) is 7.82. The average molecular weight is 410 g/mol. The van der Waals surface area contributed by atoms with Crippen molar-refractivity contribution < 1.29 is 24.1 Å². The topological polar surface area (TPSA) is 70.0 Å². The van der Waals surface area contributed by atoms with Gasteiger partial charge in [-0.3, -0.25) is 0 Å². The van der Waals surface area contributed by atoms with Gasteiger partial charge in [-0.2, -0.15) is 0 Å². The summed E-state index contributed by atoms with van der Waals surface area (Å²) in [6.45, 7) is 10.7. The molecule has 0 saturated carbocycles. The van der Waals surface area contributed by atoms with Gasteiger partial charge in [0.2, 0.25) is 5.88 Å². The molecular weight excluding hydrogens is 370 g/mol. The zero-order valence-electron chi connectivity index (χ0n) is 18.6. The van der Waals surface area contributed by atoms with Gasteiger partial charge in [0.25, 0.3) is 0 Å². The lowest BCUT2D eigenvalue weighted by Crippen LogP contribution is -2.30. The second kappa shape index (κ2) is 12.5. The fourth-order valence-electron chi connectivity index (χ4n) is 3.44. The lowest BCUT2D eigenvalue weighted by Gasteiger charge is -2.25. The Kier molecular flexibility index (Phi) is 10.4. The van der Waals surface area contributed by atoms with Gasteiger partial charge < -0.3 is 24.1 Å². The summed E-state index contributed by atoms with van der Waals surface area (Å²) in [6, 6.07) is 3.66. The van der Waals surface area contributed by atoms with Crippen LogP contribution in [0.5, 0.6) is 5.88 Å². The van der Waals surface area contributed by atoms with Gasteiger partial charge in [-0.05, 0) is 32.3 Å². The monoisotopic (exact) mass is 409 g/mol. The number of hydrogen-bond acceptors (Lipinski definition) is 6. The second-order valence-electron chi connectivity index (χ2n) is 7.82. The standard InChI is InChI=1S/C23H39NO5/c1-5-8-13-26-17-21-20(27-14-9-6-2)16-23(25,29-21)19-11-12-22(24-18(19)4)28-15-10-7-3/h11-12,20-21,25H,5-10,13-17H2,1-4H3/t20-,21-,23?/m1/s1. The van der Waals surface area contributed by atoms with Gasteiger partial charge >= 0.3 is 0 Å². The maximum Gasteiger partial charge on any atom is 0.213 e. The first-order chi connectivity index (χ1) is 14.0. The lowest BCUT2D eigenvalue weighted by molar-refractivity contribution is -0.210. The molecule has 0 spiro atoms. The van der Waals surface area contributed by atoms with Crippen LogP contribution in [-0.2, 0) is 20.0 Å². The van der Waals surface area contributed by atoms with E-state index < -0.39 is 5.79 Å². The number of hydrogen-bond donors (Lipinski definition) is 1. The summed E-state index contributed by atoms with van der Waals surface area (Å²) >= 11 is 0. The zero-order chi connectivity index (χ0) is 21.1. The summed E-state index contributed by atoms with van der Waals surface area (Å²) in [7, 11) is 0. The van der Waals surface area contributed by atoms with Crippen molar-refractivity contribution in [3.63, 3.8) is 0 Å². The molecule has 3 atom stereocenters. The summed E-state index contributed by atoms with van der Waals surface area (Å²) in [4.78, 5) is 4.51. The van der Waals surface area contributed by atoms with Crippen LogP contribution in [0.3, 0.4) is 0 Å². The van der Waals surface area contributed by atoms with E-state index in [-0.39, 0.29) is 12.2 Å². The molecule has 2 rings (SSSR count). The van der Waals surface area contributed by atoms with Crippen molar-refractivity contribution in [1.82, 2.24) is 4.98 Å². The lowest BCUT2D eigenvalue weighted by atomic mass is 9.99. The molecule has 1 aromatic heterocycles. The van der Waals surface area contributed by atoms with Crippen molar-refractivity contribution in [2.75, 3.05) is 26.4 Å². The molecule has 0 aliphatic carbocycles. The molecule has 6 heteroatoms. The molecule has 166 valence electrons. The van der Waals surface area contributed by atoms with Crippen LogP contribution in [0.4, 0.5) is 0 Å². The Hall–Kier alpha value is -1.21. The molecule has 6 nitrogen and oxygen atoms in total. The van der Waals surface area contributed by atoms with Crippen molar-refractivity contribution in [3.05, 3.63) is 23.4 Å². The molecule has 1 N–H and O–H groups in total. The van der Waals surface area contributed by atoms with E-state index in [1.165, 1.54) is 0 Å². The molecule has 0 aromatic carbocycles. The predicted molar refractivity (Wildman–Crippen MR) is 113 cm³/mol. The summed E-state index contributed by atoms with van der Waals surface area (Å²) in [6.07, 6.45) is 6.10. The normalized spacial score (nSPS) is 24.2. The molecule has 1 fully saturated rings. The Morgan fingerprint density at radius 2 is 1.76 bits per heavy atom. The third-order valence-electron chi connectivity index (χ3n) is 5.22. The van der Waals surface area contributed by atoms with E-state index in [1.807, 2.05) is 13.0 Å². The van der Waals surface area contributed by atoms with Crippen LogP contribution in [0.2, 0.25) is 0 Å². The number of unbranched alkanes of at least 4 members (excludes halogenated alkanes) is 3. The minimum atomic E-state index is -1.42. The third-order valence-corrected chi connectivity index (χ3v) is 5.22. The van der Waals surface area contributed by atoms with E-state index in [2.05, 4.69) is 25.8 Å². The highest BCUT2D eigenvalue weighted by Gasteiger charge is 2.48. The molecule has 1 aromatic rings. The van der Waals surface area contributed by atoms with Gasteiger partial charge in [0.05, 0.1) is 19.3 Å². The van der Waals surface area contributed by atoms with Crippen LogP contribution in [0.15, 0.2) is 12.1 Å². The SMILES string of the molecule is CCCCOC[C@H]1OC(O)(c2ccc(OCCCC)nc2C)C[C@H]1OCCCC. The van der Waals surface area contributed by atoms with Gasteiger partial charge in [0.15, 0.2) is 5.79 Å². The van der Waals surface area contributed by atoms with Crippen LogP contribution >= 0.6 is 0 Å². The highest BCUT2D eigenvalue weighted by atomic mass is 16.7. The number of pyridine rings is 1. The minimum absolute atomic E-state index is 0.201. The van der Waals surface area contributed by atoms with Gasteiger partial charge in [-0.25, -0.2) is 4.98 Å². The Balaban J connectivity index is 2.07. The van der Waals surface area contributed by atoms with Crippen LogP contribution in [0.25, 0.3) is 0 Å². The summed E-state index contributed by atoms with van der Waals surface area (Å²) in [5.74, 6) is -0.842. The molecule has 0 bridgehead atoms. The first-order valence-electron chi connectivity index (χ1n) is 11.2. The predicted octanol–water partition coefficient (Wildman–Crippen LogP) is 4.50. The summed E-state index contributed by atoms with van der Waals surface area (Å²) in [5, 5.41) is 11.3. The fourth-order valence-corrected chi connectivity index (χ4v) is 3.44. The molecule has 29 heavy (non-hydrogen) atoms. The van der Waals surface area contributed by atoms with Crippen LogP contribution in [0.1, 0.15) is 77.0 Å². The maximum atomic E-state index is 11.3. The van der Waals surface area contributed by atoms with E-state index in [9.17, 15) is 5.11 Å². The fraction of sp³-hybridized carbons (Fsp3) is 0.783. The first-order valence-corrected chi connectivity index (χ1v) is 11.2. The molecule has 1 aliphatic heterocycles. The number of ether oxygens (including phenoxy) is 4. The molecule has 0 radical (unpaired) electrons. The number of aromatic nitrogens is 1. The number of rotatable bonds is 14. The number of nitrogens with zero attached hydrogens (tertiary/aromatic N) is 1. The summed E-state index contributed by atoms with van der Waals surface area (Å²) in [5.41, 5.74) is 1.38. The van der Waals surface area contributed by atoms with E-state index in [0.29, 0.717) is 50.0 Å².